The van der Waals surface area contributed by atoms with E-state index >= 15 is 0 Å². The summed E-state index contributed by atoms with van der Waals surface area (Å²) in [6.45, 7) is 5.26. The molecule has 0 aliphatic carbocycles. The molecule has 1 amide bonds. The van der Waals surface area contributed by atoms with Gasteiger partial charge in [-0.1, -0.05) is 44.2 Å². The van der Waals surface area contributed by atoms with Gasteiger partial charge in [0.15, 0.2) is 0 Å². The fraction of sp³-hybridized carbons (Fsp3) is 0.300. The molecule has 2 N–H and O–H groups in total. The third-order valence-corrected chi connectivity index (χ3v) is 4.41. The van der Waals surface area contributed by atoms with Gasteiger partial charge in [0.2, 0.25) is 0 Å². The van der Waals surface area contributed by atoms with Gasteiger partial charge in [-0.25, -0.2) is 0 Å². The minimum absolute atomic E-state index is 0.0222. The summed E-state index contributed by atoms with van der Waals surface area (Å²) in [4.78, 5) is 19.3. The molecule has 124 valence electrons. The number of carbonyl (C=O) groups is 1. The van der Waals surface area contributed by atoms with Crippen LogP contribution in [0.15, 0.2) is 48.7 Å². The quantitative estimate of drug-likeness (QED) is 0.749. The lowest BCUT2D eigenvalue weighted by Gasteiger charge is -2.29. The average Bonchev–Trinajstić information content (AvgIpc) is 2.60. The average molecular weight is 321 g/mol. The molecule has 4 nitrogen and oxygen atoms in total. The highest BCUT2D eigenvalue weighted by molar-refractivity contribution is 6.15. The van der Waals surface area contributed by atoms with Crippen LogP contribution in [0.1, 0.15) is 24.2 Å². The minimum atomic E-state index is -0.121. The molecule has 0 saturated heterocycles. The molecule has 0 saturated carbocycles. The first kappa shape index (κ1) is 16.4. The minimum Gasteiger partial charge on any atom is -0.341 e. The Morgan fingerprint density at radius 1 is 1.17 bits per heavy atom. The molecule has 0 radical (unpaired) electrons. The van der Waals surface area contributed by atoms with Crippen molar-refractivity contribution < 1.29 is 4.79 Å². The maximum atomic E-state index is 13.0. The Hall–Kier alpha value is -2.46. The summed E-state index contributed by atoms with van der Waals surface area (Å²) in [5.41, 5.74) is 7.07. The van der Waals surface area contributed by atoms with Gasteiger partial charge in [-0.05, 0) is 34.9 Å². The van der Waals surface area contributed by atoms with E-state index in [9.17, 15) is 4.79 Å². The highest BCUT2D eigenvalue weighted by Gasteiger charge is 2.23. The number of nitrogens with two attached hydrogens (primary N) is 1. The second kappa shape index (κ2) is 6.21. The predicted octanol–water partition coefficient (Wildman–Crippen LogP) is 3.44. The SMILES string of the molecule is CN(CC(C)(C)CN)C(=O)c1cc2ccccc2c2cccnc12. The maximum absolute atomic E-state index is 13.0. The van der Waals surface area contributed by atoms with Crippen molar-refractivity contribution in [2.75, 3.05) is 20.1 Å². The van der Waals surface area contributed by atoms with E-state index in [0.717, 1.165) is 21.7 Å². The van der Waals surface area contributed by atoms with Gasteiger partial charge in [0.05, 0.1) is 11.1 Å². The zero-order valence-electron chi connectivity index (χ0n) is 14.4. The van der Waals surface area contributed by atoms with Crippen molar-refractivity contribution in [2.24, 2.45) is 11.1 Å². The lowest BCUT2D eigenvalue weighted by Crippen LogP contribution is -2.39. The molecule has 0 unspecified atom stereocenters. The first-order valence-electron chi connectivity index (χ1n) is 8.15. The molecule has 4 heteroatoms. The standard InChI is InChI=1S/C20H23N3O/c1-20(2,12-21)13-23(3)19(24)17-11-14-7-4-5-8-15(14)16-9-6-10-22-18(16)17/h4-11H,12-13,21H2,1-3H3. The largest absolute Gasteiger partial charge is 0.341 e. The number of nitrogens with zero attached hydrogens (tertiary/aromatic N) is 2. The molecular weight excluding hydrogens is 298 g/mol. The molecule has 0 bridgehead atoms. The number of rotatable bonds is 4. The molecule has 3 rings (SSSR count). The summed E-state index contributed by atoms with van der Waals surface area (Å²) >= 11 is 0. The highest BCUT2D eigenvalue weighted by atomic mass is 16.2. The fourth-order valence-corrected chi connectivity index (χ4v) is 3.08. The maximum Gasteiger partial charge on any atom is 0.255 e. The van der Waals surface area contributed by atoms with E-state index in [1.807, 2.05) is 43.4 Å². The van der Waals surface area contributed by atoms with Gasteiger partial charge < -0.3 is 10.6 Å². The van der Waals surface area contributed by atoms with Crippen molar-refractivity contribution in [1.82, 2.24) is 9.88 Å². The van der Waals surface area contributed by atoms with Crippen LogP contribution >= 0.6 is 0 Å². The third kappa shape index (κ3) is 2.97. The van der Waals surface area contributed by atoms with Gasteiger partial charge >= 0.3 is 0 Å². The van der Waals surface area contributed by atoms with E-state index in [2.05, 4.69) is 24.9 Å². The topological polar surface area (TPSA) is 59.2 Å². The second-order valence-corrected chi connectivity index (χ2v) is 7.07. The summed E-state index contributed by atoms with van der Waals surface area (Å²) in [5.74, 6) is -0.0222. The summed E-state index contributed by atoms with van der Waals surface area (Å²) < 4.78 is 0. The first-order chi connectivity index (χ1) is 11.4. The Labute approximate surface area is 142 Å². The second-order valence-electron chi connectivity index (χ2n) is 7.07. The van der Waals surface area contributed by atoms with Crippen LogP contribution in [0.2, 0.25) is 0 Å². The van der Waals surface area contributed by atoms with Gasteiger partial charge in [-0.3, -0.25) is 9.78 Å². The molecule has 24 heavy (non-hydrogen) atoms. The monoisotopic (exact) mass is 321 g/mol. The van der Waals surface area contributed by atoms with E-state index < -0.39 is 0 Å². The summed E-state index contributed by atoms with van der Waals surface area (Å²) in [7, 11) is 1.82. The molecule has 0 aliphatic heterocycles. The van der Waals surface area contributed by atoms with E-state index in [1.54, 1.807) is 11.1 Å². The number of amides is 1. The number of hydrogen-bond acceptors (Lipinski definition) is 3. The fourth-order valence-electron chi connectivity index (χ4n) is 3.08. The number of aromatic nitrogens is 1. The van der Waals surface area contributed by atoms with Crippen molar-refractivity contribution in [1.29, 1.82) is 0 Å². The van der Waals surface area contributed by atoms with Crippen LogP contribution in [0.3, 0.4) is 0 Å². The van der Waals surface area contributed by atoms with Gasteiger partial charge in [-0.15, -0.1) is 0 Å². The van der Waals surface area contributed by atoms with Crippen molar-refractivity contribution in [3.63, 3.8) is 0 Å². The van der Waals surface area contributed by atoms with Crippen LogP contribution in [0, 0.1) is 5.41 Å². The molecule has 1 heterocycles. The Balaban J connectivity index is 2.12. The summed E-state index contributed by atoms with van der Waals surface area (Å²) in [6, 6.07) is 14.0. The number of fused-ring (bicyclic) bond motifs is 3. The van der Waals surface area contributed by atoms with Crippen molar-refractivity contribution >= 4 is 27.6 Å². The Morgan fingerprint density at radius 3 is 2.62 bits per heavy atom. The van der Waals surface area contributed by atoms with Crippen LogP contribution in [0.4, 0.5) is 0 Å². The Morgan fingerprint density at radius 2 is 1.88 bits per heavy atom. The van der Waals surface area contributed by atoms with Crippen molar-refractivity contribution in [2.45, 2.75) is 13.8 Å². The third-order valence-electron chi connectivity index (χ3n) is 4.41. The van der Waals surface area contributed by atoms with E-state index in [0.29, 0.717) is 18.7 Å². The van der Waals surface area contributed by atoms with Gasteiger partial charge in [0.1, 0.15) is 0 Å². The van der Waals surface area contributed by atoms with Crippen molar-refractivity contribution in [3.05, 3.63) is 54.2 Å². The Bertz CT molecular complexity index is 902. The molecule has 0 fully saturated rings. The van der Waals surface area contributed by atoms with Crippen LogP contribution in [0.5, 0.6) is 0 Å². The van der Waals surface area contributed by atoms with E-state index in [4.69, 9.17) is 5.73 Å². The number of benzene rings is 2. The summed E-state index contributed by atoms with van der Waals surface area (Å²) in [6.07, 6.45) is 1.73. The number of pyridine rings is 1. The predicted molar refractivity (Wildman–Crippen MR) is 99.0 cm³/mol. The zero-order chi connectivity index (χ0) is 17.3. The molecule has 0 aliphatic rings. The smallest absolute Gasteiger partial charge is 0.255 e. The molecule has 2 aromatic carbocycles. The molecule has 0 atom stereocenters. The zero-order valence-corrected chi connectivity index (χ0v) is 14.4. The van der Waals surface area contributed by atoms with Gasteiger partial charge in [-0.2, -0.15) is 0 Å². The van der Waals surface area contributed by atoms with E-state index in [1.165, 1.54) is 0 Å². The normalized spacial score (nSPS) is 11.8. The highest BCUT2D eigenvalue weighted by Crippen LogP contribution is 2.28. The first-order valence-corrected chi connectivity index (χ1v) is 8.15. The lowest BCUT2D eigenvalue weighted by molar-refractivity contribution is 0.0742. The molecule has 1 aromatic heterocycles. The number of hydrogen-bond donors (Lipinski definition) is 1. The van der Waals surface area contributed by atoms with Crippen LogP contribution in [-0.2, 0) is 0 Å². The number of carbonyl (C=O) groups excluding carboxylic acids is 1. The molecular formula is C20H23N3O. The van der Waals surface area contributed by atoms with E-state index in [-0.39, 0.29) is 11.3 Å². The van der Waals surface area contributed by atoms with Crippen molar-refractivity contribution in [3.8, 4) is 0 Å². The van der Waals surface area contributed by atoms with Gasteiger partial charge in [0, 0.05) is 25.2 Å². The molecule has 0 spiro atoms. The summed E-state index contributed by atoms with van der Waals surface area (Å²) in [5, 5.41) is 3.17. The van der Waals surface area contributed by atoms with Crippen LogP contribution < -0.4 is 5.73 Å². The van der Waals surface area contributed by atoms with Crippen LogP contribution in [0.25, 0.3) is 21.7 Å². The molecule has 3 aromatic rings. The lowest BCUT2D eigenvalue weighted by atomic mass is 9.92. The van der Waals surface area contributed by atoms with Gasteiger partial charge in [0.25, 0.3) is 5.91 Å². The Kier molecular flexibility index (Phi) is 4.24. The van der Waals surface area contributed by atoms with Crippen LogP contribution in [-0.4, -0.2) is 35.9 Å².